The Morgan fingerprint density at radius 1 is 1.00 bits per heavy atom. The third kappa shape index (κ3) is 6.18. The van der Waals surface area contributed by atoms with Gasteiger partial charge in [0.15, 0.2) is 5.82 Å². The van der Waals surface area contributed by atoms with Gasteiger partial charge in [-0.05, 0) is 45.1 Å². The number of ether oxygens (including phenoxy) is 2. The van der Waals surface area contributed by atoms with Crippen molar-refractivity contribution in [3.8, 4) is 17.3 Å². The topological polar surface area (TPSA) is 101 Å². The number of pyridine rings is 1. The van der Waals surface area contributed by atoms with E-state index < -0.39 is 11.4 Å². The lowest BCUT2D eigenvalue weighted by atomic mass is 10.0. The van der Waals surface area contributed by atoms with Crippen molar-refractivity contribution >= 4 is 62.7 Å². The molecule has 13 heteroatoms. The standard InChI is InChI=1S/C35H37Cl2FN6O4/c1-35(2,3)48-34(46)44-21-10-11-22(44)19-43(18-21)32-25-17-39-30(24-8-4-6-20-7-5-9-26(37)28(20)24)29(38)31(25)40-33(41-32)47-23-12-14-42(15-13-23)27(45)16-36/h4-9,17,21-23H,10-16,18-19H2,1-3H3/t21-,22+. The zero-order valence-electron chi connectivity index (χ0n) is 27.1. The average Bonchev–Trinajstić information content (AvgIpc) is 3.33. The van der Waals surface area contributed by atoms with Gasteiger partial charge in [-0.25, -0.2) is 9.18 Å². The molecule has 4 aromatic rings. The molecule has 3 aliphatic heterocycles. The lowest BCUT2D eigenvalue weighted by Gasteiger charge is -2.42. The van der Waals surface area contributed by atoms with Crippen LogP contribution in [-0.4, -0.2) is 92.6 Å². The van der Waals surface area contributed by atoms with Gasteiger partial charge in [-0.2, -0.15) is 9.97 Å². The van der Waals surface area contributed by atoms with Crippen LogP contribution in [0.15, 0.2) is 42.6 Å². The molecule has 2 aromatic heterocycles. The first-order chi connectivity index (χ1) is 23.0. The van der Waals surface area contributed by atoms with Crippen molar-refractivity contribution in [3.05, 3.63) is 53.4 Å². The van der Waals surface area contributed by atoms with E-state index in [4.69, 9.17) is 37.7 Å². The van der Waals surface area contributed by atoms with Crippen LogP contribution in [0.4, 0.5) is 15.0 Å². The molecule has 0 radical (unpaired) electrons. The normalized spacial score (nSPS) is 20.1. The number of benzene rings is 2. The molecule has 3 fully saturated rings. The minimum atomic E-state index is -0.606. The number of halogens is 3. The van der Waals surface area contributed by atoms with Crippen molar-refractivity contribution in [3.63, 3.8) is 0 Å². The first kappa shape index (κ1) is 32.6. The second-order valence-electron chi connectivity index (χ2n) is 13.7. The second kappa shape index (κ2) is 12.8. The molecular weight excluding hydrogens is 658 g/mol. The van der Waals surface area contributed by atoms with Crippen LogP contribution in [0.3, 0.4) is 0 Å². The summed E-state index contributed by atoms with van der Waals surface area (Å²) in [6.07, 6.45) is 3.80. The van der Waals surface area contributed by atoms with E-state index in [0.717, 1.165) is 18.2 Å². The molecule has 0 spiro atoms. The smallest absolute Gasteiger partial charge is 0.410 e. The number of hydrogen-bond donors (Lipinski definition) is 0. The molecule has 0 saturated carbocycles. The predicted molar refractivity (Wildman–Crippen MR) is 183 cm³/mol. The fourth-order valence-corrected chi connectivity index (χ4v) is 7.59. The van der Waals surface area contributed by atoms with Gasteiger partial charge in [-0.3, -0.25) is 14.7 Å². The number of fused-ring (bicyclic) bond motifs is 4. The summed E-state index contributed by atoms with van der Waals surface area (Å²) >= 11 is 12.4. The number of alkyl halides is 1. The predicted octanol–water partition coefficient (Wildman–Crippen LogP) is 6.83. The molecule has 3 aliphatic rings. The van der Waals surface area contributed by atoms with Crippen LogP contribution in [0.2, 0.25) is 5.02 Å². The summed E-state index contributed by atoms with van der Waals surface area (Å²) < 4.78 is 28.8. The van der Waals surface area contributed by atoms with Crippen LogP contribution >= 0.6 is 23.2 Å². The number of nitrogens with zero attached hydrogens (tertiary/aromatic N) is 6. The molecule has 2 aromatic carbocycles. The number of rotatable bonds is 5. The van der Waals surface area contributed by atoms with Crippen LogP contribution in [0.25, 0.3) is 32.9 Å². The lowest BCUT2D eigenvalue weighted by molar-refractivity contribution is -0.130. The third-order valence-electron chi connectivity index (χ3n) is 9.32. The van der Waals surface area contributed by atoms with E-state index in [0.29, 0.717) is 66.2 Å². The number of hydrogen-bond acceptors (Lipinski definition) is 8. The van der Waals surface area contributed by atoms with Crippen molar-refractivity contribution in [2.75, 3.05) is 37.0 Å². The molecular formula is C35H37Cl2FN6O4. The van der Waals surface area contributed by atoms with Gasteiger partial charge < -0.3 is 19.3 Å². The third-order valence-corrected chi connectivity index (χ3v) is 9.86. The summed E-state index contributed by atoms with van der Waals surface area (Å²) in [6.45, 7) is 7.55. The van der Waals surface area contributed by atoms with Crippen LogP contribution in [0, 0.1) is 5.82 Å². The van der Waals surface area contributed by atoms with Crippen LogP contribution < -0.4 is 9.64 Å². The maximum atomic E-state index is 16.8. The maximum Gasteiger partial charge on any atom is 0.410 e. The van der Waals surface area contributed by atoms with Crippen molar-refractivity contribution in [1.82, 2.24) is 24.8 Å². The van der Waals surface area contributed by atoms with Crippen molar-refractivity contribution < 1.29 is 23.5 Å². The van der Waals surface area contributed by atoms with E-state index in [1.807, 2.05) is 49.9 Å². The summed E-state index contributed by atoms with van der Waals surface area (Å²) in [5.74, 6) is -0.287. The van der Waals surface area contributed by atoms with Gasteiger partial charge in [0.1, 0.15) is 34.6 Å². The Kier molecular flexibility index (Phi) is 8.70. The fraction of sp³-hybridized carbons (Fsp3) is 0.457. The first-order valence-corrected chi connectivity index (χ1v) is 17.2. The highest BCUT2D eigenvalue weighted by atomic mass is 35.5. The van der Waals surface area contributed by atoms with Gasteiger partial charge >= 0.3 is 12.1 Å². The summed E-state index contributed by atoms with van der Waals surface area (Å²) in [6, 6.07) is 11.0. The Morgan fingerprint density at radius 3 is 2.35 bits per heavy atom. The molecule has 2 atom stereocenters. The number of carbonyl (C=O) groups excluding carboxylic acids is 2. The monoisotopic (exact) mass is 694 g/mol. The SMILES string of the molecule is CC(C)(C)OC(=O)N1[C@@H]2CC[C@H]1CN(c1nc(OC3CCN(C(=O)CCl)CC3)nc3c(F)c(-c4cccc5cccc(Cl)c45)ncc13)C2. The quantitative estimate of drug-likeness (QED) is 0.210. The number of aromatic nitrogens is 3. The lowest BCUT2D eigenvalue weighted by Crippen LogP contribution is -2.57. The molecule has 10 nitrogen and oxygen atoms in total. The summed E-state index contributed by atoms with van der Waals surface area (Å²) in [5.41, 5.74) is 0.159. The van der Waals surface area contributed by atoms with E-state index in [-0.39, 0.29) is 53.3 Å². The van der Waals surface area contributed by atoms with E-state index in [1.165, 1.54) is 0 Å². The van der Waals surface area contributed by atoms with Crippen LogP contribution in [0.1, 0.15) is 46.5 Å². The van der Waals surface area contributed by atoms with Crippen LogP contribution in [-0.2, 0) is 9.53 Å². The van der Waals surface area contributed by atoms with Crippen LogP contribution in [0.5, 0.6) is 6.01 Å². The number of anilines is 1. The Balaban J connectivity index is 1.27. The molecule has 7 rings (SSSR count). The van der Waals surface area contributed by atoms with E-state index in [9.17, 15) is 9.59 Å². The van der Waals surface area contributed by atoms with Gasteiger partial charge in [0, 0.05) is 61.2 Å². The Morgan fingerprint density at radius 2 is 1.69 bits per heavy atom. The maximum absolute atomic E-state index is 16.8. The molecule has 0 N–H and O–H groups in total. The Labute approximate surface area is 288 Å². The molecule has 3 saturated heterocycles. The Bertz CT molecular complexity index is 1880. The van der Waals surface area contributed by atoms with Crippen molar-refractivity contribution in [2.45, 2.75) is 70.2 Å². The van der Waals surface area contributed by atoms with Gasteiger partial charge in [0.05, 0.1) is 17.5 Å². The summed E-state index contributed by atoms with van der Waals surface area (Å²) in [5, 5.41) is 2.51. The highest BCUT2D eigenvalue weighted by molar-refractivity contribution is 6.36. The molecule has 2 amide bonds. The number of piperazine rings is 1. The number of amides is 2. The van der Waals surface area contributed by atoms with E-state index >= 15 is 4.39 Å². The van der Waals surface area contributed by atoms with Crippen molar-refractivity contribution in [2.24, 2.45) is 0 Å². The van der Waals surface area contributed by atoms with Gasteiger partial charge in [0.25, 0.3) is 0 Å². The second-order valence-corrected chi connectivity index (χ2v) is 14.3. The zero-order valence-corrected chi connectivity index (χ0v) is 28.6. The van der Waals surface area contributed by atoms with E-state index in [2.05, 4.69) is 14.9 Å². The highest BCUT2D eigenvalue weighted by Gasteiger charge is 2.45. The molecule has 0 aliphatic carbocycles. The number of piperidine rings is 1. The summed E-state index contributed by atoms with van der Waals surface area (Å²) in [4.78, 5) is 45.0. The molecule has 252 valence electrons. The largest absolute Gasteiger partial charge is 0.460 e. The molecule has 5 heterocycles. The van der Waals surface area contributed by atoms with Gasteiger partial charge in [0.2, 0.25) is 5.91 Å². The minimum absolute atomic E-state index is 0.0496. The minimum Gasteiger partial charge on any atom is -0.460 e. The zero-order chi connectivity index (χ0) is 33.7. The number of likely N-dealkylation sites (tertiary alicyclic amines) is 1. The summed E-state index contributed by atoms with van der Waals surface area (Å²) in [7, 11) is 0. The fourth-order valence-electron chi connectivity index (χ4n) is 7.14. The van der Waals surface area contributed by atoms with E-state index in [1.54, 1.807) is 23.2 Å². The molecule has 2 bridgehead atoms. The van der Waals surface area contributed by atoms with Gasteiger partial charge in [-0.1, -0.05) is 41.9 Å². The Hall–Kier alpha value is -3.96. The van der Waals surface area contributed by atoms with Crippen molar-refractivity contribution in [1.29, 1.82) is 0 Å². The molecule has 0 unspecified atom stereocenters. The average molecular weight is 696 g/mol. The molecule has 48 heavy (non-hydrogen) atoms. The van der Waals surface area contributed by atoms with Gasteiger partial charge in [-0.15, -0.1) is 11.6 Å². The number of carbonyl (C=O) groups is 2. The highest BCUT2D eigenvalue weighted by Crippen LogP contribution is 2.40. The first-order valence-electron chi connectivity index (χ1n) is 16.3.